The van der Waals surface area contributed by atoms with Crippen LogP contribution in [0.2, 0.25) is 0 Å². The van der Waals surface area contributed by atoms with E-state index in [1.807, 2.05) is 51.4 Å². The highest BCUT2D eigenvalue weighted by atomic mass is 16.5. The Hall–Kier alpha value is -2.73. The first-order valence-electron chi connectivity index (χ1n) is 9.27. The standard InChI is InChI=1S/C21H27N3O3/c1-4-26-20-8-6-5-7-17(20)23-21(25)22-14-18(24(2)3)15-9-10-19-16(13-15)11-12-27-19/h5-10,13,18H,4,11-12,14H2,1-3H3,(H2,22,23,25). The van der Waals surface area contributed by atoms with Crippen LogP contribution in [0.1, 0.15) is 24.1 Å². The number of carbonyl (C=O) groups excluding carboxylic acids is 1. The molecule has 2 amide bonds. The van der Waals surface area contributed by atoms with Crippen molar-refractivity contribution in [3.8, 4) is 11.5 Å². The van der Waals surface area contributed by atoms with Gasteiger partial charge in [0.25, 0.3) is 0 Å². The van der Waals surface area contributed by atoms with Crippen molar-refractivity contribution < 1.29 is 14.3 Å². The van der Waals surface area contributed by atoms with Crippen LogP contribution in [0.25, 0.3) is 0 Å². The number of rotatable bonds is 7. The molecule has 1 aliphatic rings. The van der Waals surface area contributed by atoms with Crippen molar-refractivity contribution in [1.29, 1.82) is 0 Å². The van der Waals surface area contributed by atoms with Gasteiger partial charge in [-0.1, -0.05) is 24.3 Å². The lowest BCUT2D eigenvalue weighted by atomic mass is 10.0. The minimum atomic E-state index is -0.251. The van der Waals surface area contributed by atoms with Crippen LogP contribution >= 0.6 is 0 Å². The Kier molecular flexibility index (Phi) is 6.19. The lowest BCUT2D eigenvalue weighted by Gasteiger charge is -2.25. The number of ether oxygens (including phenoxy) is 2. The predicted octanol–water partition coefficient (Wildman–Crippen LogP) is 3.44. The third kappa shape index (κ3) is 4.71. The van der Waals surface area contributed by atoms with Crippen molar-refractivity contribution in [3.05, 3.63) is 53.6 Å². The summed E-state index contributed by atoms with van der Waals surface area (Å²) in [6, 6.07) is 13.5. The molecule has 2 aromatic rings. The number of amides is 2. The van der Waals surface area contributed by atoms with Crippen molar-refractivity contribution in [2.45, 2.75) is 19.4 Å². The van der Waals surface area contributed by atoms with Crippen molar-refractivity contribution in [1.82, 2.24) is 10.2 Å². The maximum absolute atomic E-state index is 12.4. The summed E-state index contributed by atoms with van der Waals surface area (Å²) in [5.41, 5.74) is 3.06. The fraction of sp³-hybridized carbons (Fsp3) is 0.381. The van der Waals surface area contributed by atoms with Gasteiger partial charge in [0.15, 0.2) is 0 Å². The molecular weight excluding hydrogens is 342 g/mol. The molecule has 0 aliphatic carbocycles. The summed E-state index contributed by atoms with van der Waals surface area (Å²) in [4.78, 5) is 14.5. The molecule has 6 heteroatoms. The first-order valence-corrected chi connectivity index (χ1v) is 9.27. The van der Waals surface area contributed by atoms with Gasteiger partial charge < -0.3 is 25.0 Å². The third-order valence-corrected chi connectivity index (χ3v) is 4.61. The molecule has 6 nitrogen and oxygen atoms in total. The van der Waals surface area contributed by atoms with E-state index in [1.165, 1.54) is 11.1 Å². The highest BCUT2D eigenvalue weighted by Gasteiger charge is 2.19. The van der Waals surface area contributed by atoms with Crippen LogP contribution < -0.4 is 20.1 Å². The molecule has 3 rings (SSSR count). The Morgan fingerprint density at radius 3 is 2.85 bits per heavy atom. The zero-order chi connectivity index (χ0) is 19.2. The molecule has 0 saturated heterocycles. The van der Waals surface area contributed by atoms with Gasteiger partial charge in [0.1, 0.15) is 11.5 Å². The van der Waals surface area contributed by atoms with Gasteiger partial charge in [0.05, 0.1) is 24.9 Å². The summed E-state index contributed by atoms with van der Waals surface area (Å²) in [6.45, 7) is 3.70. The SMILES string of the molecule is CCOc1ccccc1NC(=O)NCC(c1ccc2c(c1)CCO2)N(C)C. The van der Waals surface area contributed by atoms with Crippen molar-refractivity contribution in [2.75, 3.05) is 39.2 Å². The number of benzene rings is 2. The molecule has 1 atom stereocenters. The van der Waals surface area contributed by atoms with Gasteiger partial charge in [-0.05, 0) is 50.3 Å². The Balaban J connectivity index is 1.64. The van der Waals surface area contributed by atoms with Crippen LogP contribution in [0.4, 0.5) is 10.5 Å². The Morgan fingerprint density at radius 1 is 1.26 bits per heavy atom. The van der Waals surface area contributed by atoms with E-state index in [0.29, 0.717) is 24.6 Å². The molecule has 1 heterocycles. The lowest BCUT2D eigenvalue weighted by molar-refractivity contribution is 0.243. The van der Waals surface area contributed by atoms with Crippen LogP contribution in [-0.2, 0) is 6.42 Å². The number of anilines is 1. The molecule has 2 N–H and O–H groups in total. The molecule has 0 spiro atoms. The fourth-order valence-electron chi connectivity index (χ4n) is 3.22. The summed E-state index contributed by atoms with van der Waals surface area (Å²) >= 11 is 0. The molecule has 2 aromatic carbocycles. The van der Waals surface area contributed by atoms with Gasteiger partial charge in [-0.2, -0.15) is 0 Å². The highest BCUT2D eigenvalue weighted by Crippen LogP contribution is 2.29. The number of urea groups is 1. The molecule has 144 valence electrons. The molecule has 1 unspecified atom stereocenters. The molecule has 0 fully saturated rings. The molecular formula is C21H27N3O3. The smallest absolute Gasteiger partial charge is 0.319 e. The van der Waals surface area contributed by atoms with Crippen LogP contribution in [0.5, 0.6) is 11.5 Å². The number of hydrogen-bond acceptors (Lipinski definition) is 4. The average Bonchev–Trinajstić information content (AvgIpc) is 3.11. The number of hydrogen-bond donors (Lipinski definition) is 2. The largest absolute Gasteiger partial charge is 0.493 e. The van der Waals surface area contributed by atoms with Gasteiger partial charge in [-0.15, -0.1) is 0 Å². The van der Waals surface area contributed by atoms with E-state index < -0.39 is 0 Å². The maximum atomic E-state index is 12.4. The predicted molar refractivity (Wildman–Crippen MR) is 107 cm³/mol. The topological polar surface area (TPSA) is 62.8 Å². The highest BCUT2D eigenvalue weighted by molar-refractivity contribution is 5.90. The molecule has 0 saturated carbocycles. The fourth-order valence-corrected chi connectivity index (χ4v) is 3.22. The van der Waals surface area contributed by atoms with E-state index in [-0.39, 0.29) is 12.1 Å². The Labute approximate surface area is 160 Å². The average molecular weight is 369 g/mol. The van der Waals surface area contributed by atoms with E-state index in [9.17, 15) is 4.79 Å². The normalized spacial score (nSPS) is 13.6. The molecule has 1 aliphatic heterocycles. The van der Waals surface area contributed by atoms with E-state index in [2.05, 4.69) is 27.7 Å². The van der Waals surface area contributed by atoms with Gasteiger partial charge in [-0.3, -0.25) is 0 Å². The van der Waals surface area contributed by atoms with Crippen LogP contribution in [0, 0.1) is 0 Å². The quantitative estimate of drug-likeness (QED) is 0.785. The summed E-state index contributed by atoms with van der Waals surface area (Å²) in [5, 5.41) is 5.84. The summed E-state index contributed by atoms with van der Waals surface area (Å²) in [5.74, 6) is 1.63. The second-order valence-corrected chi connectivity index (χ2v) is 6.71. The summed E-state index contributed by atoms with van der Waals surface area (Å²) in [7, 11) is 4.02. The lowest BCUT2D eigenvalue weighted by Crippen LogP contribution is -2.37. The summed E-state index contributed by atoms with van der Waals surface area (Å²) in [6.07, 6.45) is 0.936. The second kappa shape index (κ2) is 8.77. The number of para-hydroxylation sites is 2. The number of nitrogens with zero attached hydrogens (tertiary/aromatic N) is 1. The van der Waals surface area contributed by atoms with Gasteiger partial charge in [0.2, 0.25) is 0 Å². The number of nitrogens with one attached hydrogen (secondary N) is 2. The van der Waals surface area contributed by atoms with Gasteiger partial charge in [-0.25, -0.2) is 4.79 Å². The van der Waals surface area contributed by atoms with E-state index in [1.54, 1.807) is 0 Å². The number of likely N-dealkylation sites (N-methyl/N-ethyl adjacent to an activating group) is 1. The Bertz CT molecular complexity index is 792. The zero-order valence-electron chi connectivity index (χ0n) is 16.1. The monoisotopic (exact) mass is 369 g/mol. The summed E-state index contributed by atoms with van der Waals surface area (Å²) < 4.78 is 11.1. The van der Waals surface area contributed by atoms with Crippen LogP contribution in [0.15, 0.2) is 42.5 Å². The van der Waals surface area contributed by atoms with Crippen molar-refractivity contribution in [2.24, 2.45) is 0 Å². The van der Waals surface area contributed by atoms with Gasteiger partial charge >= 0.3 is 6.03 Å². The van der Waals surface area contributed by atoms with Crippen LogP contribution in [-0.4, -0.2) is 44.8 Å². The molecule has 0 radical (unpaired) electrons. The maximum Gasteiger partial charge on any atom is 0.319 e. The van der Waals surface area contributed by atoms with Crippen molar-refractivity contribution >= 4 is 11.7 Å². The number of fused-ring (bicyclic) bond motifs is 1. The zero-order valence-corrected chi connectivity index (χ0v) is 16.1. The van der Waals surface area contributed by atoms with Crippen LogP contribution in [0.3, 0.4) is 0 Å². The van der Waals surface area contributed by atoms with E-state index in [4.69, 9.17) is 9.47 Å². The molecule has 0 bridgehead atoms. The minimum absolute atomic E-state index is 0.0729. The number of carbonyl (C=O) groups is 1. The first-order chi connectivity index (χ1) is 13.1. The first kappa shape index (κ1) is 19.0. The minimum Gasteiger partial charge on any atom is -0.493 e. The van der Waals surface area contributed by atoms with E-state index >= 15 is 0 Å². The van der Waals surface area contributed by atoms with Crippen molar-refractivity contribution in [3.63, 3.8) is 0 Å². The van der Waals surface area contributed by atoms with Gasteiger partial charge in [0, 0.05) is 13.0 Å². The Morgan fingerprint density at radius 2 is 2.07 bits per heavy atom. The second-order valence-electron chi connectivity index (χ2n) is 6.71. The van der Waals surface area contributed by atoms with E-state index in [0.717, 1.165) is 18.8 Å². The molecule has 0 aromatic heterocycles. The third-order valence-electron chi connectivity index (χ3n) is 4.61. The molecule has 27 heavy (non-hydrogen) atoms.